The number of guanidine groups is 1. The Kier molecular flexibility index (Phi) is 10.1. The van der Waals surface area contributed by atoms with Crippen LogP contribution in [0.1, 0.15) is 44.7 Å². The molecule has 1 aliphatic heterocycles. The van der Waals surface area contributed by atoms with Crippen LogP contribution in [0.3, 0.4) is 0 Å². The highest BCUT2D eigenvalue weighted by Crippen LogP contribution is 2.17. The van der Waals surface area contributed by atoms with Gasteiger partial charge in [0.1, 0.15) is 0 Å². The number of hydrogen-bond donors (Lipinski definition) is 3. The van der Waals surface area contributed by atoms with Gasteiger partial charge in [-0.2, -0.15) is 5.10 Å². The standard InChI is InChI=1S/C21H40N8O/c1-6-10-23-20(30)16-29-11-8-18(9-12-29)26-21(22-7-2)24-14-19(27(3)4)17-13-25-28(5)15-17/h13,15,18-19H,6-12,14,16H2,1-5H3,(H,23,30)(H2,22,24,26). The smallest absolute Gasteiger partial charge is 0.234 e. The summed E-state index contributed by atoms with van der Waals surface area (Å²) in [5.41, 5.74) is 1.16. The molecule has 0 aliphatic carbocycles. The molecule has 170 valence electrons. The molecule has 0 saturated carbocycles. The van der Waals surface area contributed by atoms with Crippen LogP contribution in [0.5, 0.6) is 0 Å². The summed E-state index contributed by atoms with van der Waals surface area (Å²) < 4.78 is 1.83. The quantitative estimate of drug-likeness (QED) is 0.379. The highest BCUT2D eigenvalue weighted by molar-refractivity contribution is 5.80. The van der Waals surface area contributed by atoms with Gasteiger partial charge in [0, 0.05) is 51.0 Å². The van der Waals surface area contributed by atoms with Gasteiger partial charge < -0.3 is 20.9 Å². The maximum atomic E-state index is 11.9. The summed E-state index contributed by atoms with van der Waals surface area (Å²) in [7, 11) is 6.07. The molecule has 9 heteroatoms. The van der Waals surface area contributed by atoms with Gasteiger partial charge >= 0.3 is 0 Å². The number of carbonyl (C=O) groups excluding carboxylic acids is 1. The van der Waals surface area contributed by atoms with Crippen molar-refractivity contribution in [3.8, 4) is 0 Å². The highest BCUT2D eigenvalue weighted by atomic mass is 16.2. The van der Waals surface area contributed by atoms with E-state index in [1.807, 2.05) is 24.1 Å². The molecule has 1 aliphatic rings. The third kappa shape index (κ3) is 7.95. The van der Waals surface area contributed by atoms with E-state index in [-0.39, 0.29) is 11.9 Å². The van der Waals surface area contributed by atoms with Gasteiger partial charge in [0.25, 0.3) is 0 Å². The van der Waals surface area contributed by atoms with Crippen LogP contribution in [0.2, 0.25) is 0 Å². The van der Waals surface area contributed by atoms with Crippen LogP contribution in [0, 0.1) is 0 Å². The topological polar surface area (TPSA) is 89.8 Å². The van der Waals surface area contributed by atoms with Crippen LogP contribution >= 0.6 is 0 Å². The molecule has 1 fully saturated rings. The Morgan fingerprint density at radius 1 is 1.30 bits per heavy atom. The minimum Gasteiger partial charge on any atom is -0.357 e. The van der Waals surface area contributed by atoms with E-state index in [1.165, 1.54) is 0 Å². The van der Waals surface area contributed by atoms with Crippen LogP contribution in [0.4, 0.5) is 0 Å². The van der Waals surface area contributed by atoms with E-state index in [2.05, 4.69) is 58.8 Å². The number of likely N-dealkylation sites (tertiary alicyclic amines) is 1. The fourth-order valence-electron chi connectivity index (χ4n) is 3.63. The number of aromatic nitrogens is 2. The summed E-state index contributed by atoms with van der Waals surface area (Å²) in [6, 6.07) is 0.548. The Morgan fingerprint density at radius 2 is 2.03 bits per heavy atom. The number of piperidine rings is 1. The van der Waals surface area contributed by atoms with E-state index in [9.17, 15) is 4.79 Å². The molecule has 1 atom stereocenters. The largest absolute Gasteiger partial charge is 0.357 e. The number of aliphatic imine (C=N–C) groups is 1. The fraction of sp³-hybridized carbons (Fsp3) is 0.762. The van der Waals surface area contributed by atoms with Crippen molar-refractivity contribution in [2.24, 2.45) is 12.0 Å². The molecule has 3 N–H and O–H groups in total. The molecule has 1 aromatic rings. The molecular weight excluding hydrogens is 380 g/mol. The number of amides is 1. The third-order valence-electron chi connectivity index (χ3n) is 5.37. The van der Waals surface area contributed by atoms with E-state index in [1.54, 1.807) is 0 Å². The number of nitrogens with one attached hydrogen (secondary N) is 3. The summed E-state index contributed by atoms with van der Waals surface area (Å²) in [5.74, 6) is 0.982. The first kappa shape index (κ1) is 24.1. The number of carbonyl (C=O) groups is 1. The second kappa shape index (κ2) is 12.5. The van der Waals surface area contributed by atoms with Crippen LogP contribution in [-0.4, -0.2) is 90.9 Å². The van der Waals surface area contributed by atoms with Gasteiger partial charge in [-0.1, -0.05) is 6.92 Å². The summed E-state index contributed by atoms with van der Waals surface area (Å²) in [6.45, 7) is 8.73. The van der Waals surface area contributed by atoms with Crippen molar-refractivity contribution >= 4 is 11.9 Å². The highest BCUT2D eigenvalue weighted by Gasteiger charge is 2.22. The number of aryl methyl sites for hydroxylation is 1. The fourth-order valence-corrected chi connectivity index (χ4v) is 3.63. The van der Waals surface area contributed by atoms with Crippen molar-refractivity contribution in [1.29, 1.82) is 0 Å². The van der Waals surface area contributed by atoms with Crippen LogP contribution in [-0.2, 0) is 11.8 Å². The first-order valence-electron chi connectivity index (χ1n) is 11.1. The van der Waals surface area contributed by atoms with Crippen LogP contribution < -0.4 is 16.0 Å². The number of nitrogens with zero attached hydrogens (tertiary/aromatic N) is 5. The number of rotatable bonds is 10. The third-order valence-corrected chi connectivity index (χ3v) is 5.37. The Hall–Kier alpha value is -2.13. The number of likely N-dealkylation sites (N-methyl/N-ethyl adjacent to an activating group) is 1. The van der Waals surface area contributed by atoms with Crippen molar-refractivity contribution < 1.29 is 4.79 Å². The molecule has 0 spiro atoms. The van der Waals surface area contributed by atoms with Gasteiger partial charge in [-0.05, 0) is 40.3 Å². The van der Waals surface area contributed by atoms with E-state index in [0.717, 1.165) is 57.0 Å². The van der Waals surface area contributed by atoms with Crippen LogP contribution in [0.15, 0.2) is 17.4 Å². The van der Waals surface area contributed by atoms with Crippen molar-refractivity contribution in [2.75, 3.05) is 53.4 Å². The summed E-state index contributed by atoms with van der Waals surface area (Å²) >= 11 is 0. The lowest BCUT2D eigenvalue weighted by molar-refractivity contribution is -0.122. The lowest BCUT2D eigenvalue weighted by Gasteiger charge is -2.32. The summed E-state index contributed by atoms with van der Waals surface area (Å²) in [5, 5.41) is 14.2. The first-order chi connectivity index (χ1) is 14.4. The van der Waals surface area contributed by atoms with Gasteiger partial charge in [0.15, 0.2) is 5.96 Å². The predicted octanol–water partition coefficient (Wildman–Crippen LogP) is 0.569. The van der Waals surface area contributed by atoms with E-state index in [0.29, 0.717) is 19.1 Å². The molecule has 1 saturated heterocycles. The molecule has 2 rings (SSSR count). The lowest BCUT2D eigenvalue weighted by Crippen LogP contribution is -2.50. The molecule has 1 unspecified atom stereocenters. The number of hydrogen-bond acceptors (Lipinski definition) is 5. The average molecular weight is 421 g/mol. The Bertz CT molecular complexity index is 664. The minimum absolute atomic E-state index is 0.128. The Morgan fingerprint density at radius 3 is 2.60 bits per heavy atom. The van der Waals surface area contributed by atoms with E-state index < -0.39 is 0 Å². The van der Waals surface area contributed by atoms with Gasteiger partial charge in [-0.25, -0.2) is 0 Å². The van der Waals surface area contributed by atoms with Crippen molar-refractivity contribution in [1.82, 2.24) is 35.5 Å². The molecule has 0 radical (unpaired) electrons. The molecule has 2 heterocycles. The monoisotopic (exact) mass is 420 g/mol. The molecule has 0 aromatic carbocycles. The molecular formula is C21H40N8O. The molecule has 30 heavy (non-hydrogen) atoms. The lowest BCUT2D eigenvalue weighted by atomic mass is 10.1. The van der Waals surface area contributed by atoms with Gasteiger partial charge in [0.05, 0.1) is 25.3 Å². The molecule has 0 bridgehead atoms. The molecule has 1 aromatic heterocycles. The van der Waals surface area contributed by atoms with Crippen molar-refractivity contribution in [3.63, 3.8) is 0 Å². The SMILES string of the molecule is CCCNC(=O)CN1CCC(NC(=NCC(c2cnn(C)c2)N(C)C)NCC)CC1. The maximum Gasteiger partial charge on any atom is 0.234 e. The van der Waals surface area contributed by atoms with Crippen molar-refractivity contribution in [3.05, 3.63) is 18.0 Å². The molecule has 1 amide bonds. The van der Waals surface area contributed by atoms with Gasteiger partial charge in [0.2, 0.25) is 5.91 Å². The van der Waals surface area contributed by atoms with Crippen LogP contribution in [0.25, 0.3) is 0 Å². The van der Waals surface area contributed by atoms with Gasteiger partial charge in [-0.15, -0.1) is 0 Å². The normalized spacial score (nSPS) is 17.2. The summed E-state index contributed by atoms with van der Waals surface area (Å²) in [4.78, 5) is 21.2. The second-order valence-electron chi connectivity index (χ2n) is 8.19. The maximum absolute atomic E-state index is 11.9. The zero-order valence-electron chi connectivity index (χ0n) is 19.3. The second-order valence-corrected chi connectivity index (χ2v) is 8.19. The predicted molar refractivity (Wildman–Crippen MR) is 122 cm³/mol. The average Bonchev–Trinajstić information content (AvgIpc) is 3.13. The molecule has 9 nitrogen and oxygen atoms in total. The zero-order valence-corrected chi connectivity index (χ0v) is 19.3. The summed E-state index contributed by atoms with van der Waals surface area (Å²) in [6.07, 6.45) is 6.94. The van der Waals surface area contributed by atoms with Crippen molar-refractivity contribution in [2.45, 2.75) is 45.2 Å². The Balaban J connectivity index is 1.87. The minimum atomic E-state index is 0.128. The van der Waals surface area contributed by atoms with E-state index in [4.69, 9.17) is 4.99 Å². The zero-order chi connectivity index (χ0) is 21.9. The Labute approximate surface area is 181 Å². The first-order valence-corrected chi connectivity index (χ1v) is 11.1. The van der Waals surface area contributed by atoms with E-state index >= 15 is 0 Å². The van der Waals surface area contributed by atoms with Gasteiger partial charge in [-0.3, -0.25) is 19.4 Å².